The lowest BCUT2D eigenvalue weighted by molar-refractivity contribution is -0.143. The van der Waals surface area contributed by atoms with Gasteiger partial charge >= 0.3 is 5.97 Å². The number of nitrogens with two attached hydrogens (primary N) is 1. The lowest BCUT2D eigenvalue weighted by Crippen LogP contribution is -2.61. The van der Waals surface area contributed by atoms with Gasteiger partial charge in [-0.25, -0.2) is 4.79 Å². The van der Waals surface area contributed by atoms with Crippen LogP contribution >= 0.6 is 0 Å². The summed E-state index contributed by atoms with van der Waals surface area (Å²) in [5.74, 6) is -2.60. The highest BCUT2D eigenvalue weighted by Gasteiger charge is 2.41. The number of carboxylic acid groups (broad SMARTS) is 1. The van der Waals surface area contributed by atoms with Gasteiger partial charge in [-0.3, -0.25) is 9.59 Å². The molecule has 5 atom stereocenters. The van der Waals surface area contributed by atoms with Gasteiger partial charge in [0.2, 0.25) is 11.7 Å². The Morgan fingerprint density at radius 3 is 2.43 bits per heavy atom. The van der Waals surface area contributed by atoms with Gasteiger partial charge in [0.25, 0.3) is 5.91 Å². The molecule has 1 aromatic rings. The second kappa shape index (κ2) is 9.36. The Bertz CT molecular complexity index is 749. The Hall–Kier alpha value is -2.87. The van der Waals surface area contributed by atoms with E-state index in [2.05, 4.69) is 10.6 Å². The molecule has 1 heterocycles. The summed E-state index contributed by atoms with van der Waals surface area (Å²) in [5, 5.41) is 14.7. The van der Waals surface area contributed by atoms with E-state index < -0.39 is 41.7 Å². The molecule has 2 rings (SSSR count). The van der Waals surface area contributed by atoms with Gasteiger partial charge in [-0.2, -0.15) is 0 Å². The standard InChI is InChI=1S/C20H27N3O5/c1-4-15(11(2)13-8-6-5-7-9-13)23-19(25)18-17(22-12(3)24)14(21)10-16(28-18)20(26)27/h5-11,14-15,17-18H,4,21H2,1-3H3,(H,22,24)(H,23,25)(H,26,27)/t11?,14?,15?,17-,18-/m1/s1. The molecular formula is C20H27N3O5. The van der Waals surface area contributed by atoms with Crippen molar-refractivity contribution in [3.8, 4) is 0 Å². The van der Waals surface area contributed by atoms with E-state index in [-0.39, 0.29) is 12.0 Å². The first-order valence-electron chi connectivity index (χ1n) is 9.24. The summed E-state index contributed by atoms with van der Waals surface area (Å²) in [4.78, 5) is 35.8. The third-order valence-corrected chi connectivity index (χ3v) is 4.87. The molecular weight excluding hydrogens is 362 g/mol. The van der Waals surface area contributed by atoms with E-state index in [0.717, 1.165) is 5.56 Å². The number of hydrogen-bond donors (Lipinski definition) is 4. The topological polar surface area (TPSA) is 131 Å². The number of aliphatic carboxylic acids is 1. The highest BCUT2D eigenvalue weighted by Crippen LogP contribution is 2.23. The van der Waals surface area contributed by atoms with Crippen LogP contribution in [-0.2, 0) is 19.1 Å². The van der Waals surface area contributed by atoms with Gasteiger partial charge in [0, 0.05) is 18.9 Å². The van der Waals surface area contributed by atoms with Gasteiger partial charge in [-0.15, -0.1) is 0 Å². The monoisotopic (exact) mass is 389 g/mol. The van der Waals surface area contributed by atoms with Crippen LogP contribution in [0.5, 0.6) is 0 Å². The van der Waals surface area contributed by atoms with Crippen molar-refractivity contribution in [3.05, 3.63) is 47.7 Å². The average Bonchev–Trinajstić information content (AvgIpc) is 2.66. The molecule has 5 N–H and O–H groups in total. The Kier molecular flexibility index (Phi) is 7.17. The minimum absolute atomic E-state index is 0.0288. The SMILES string of the molecule is CCC(NC(=O)[C@@H]1OC(C(=O)O)=CC(N)[C@H]1NC(C)=O)C(C)c1ccccc1. The van der Waals surface area contributed by atoms with Gasteiger partial charge in [0.05, 0.1) is 12.1 Å². The maximum absolute atomic E-state index is 12.9. The normalized spacial score (nSPS) is 23.6. The first-order valence-corrected chi connectivity index (χ1v) is 9.24. The van der Waals surface area contributed by atoms with Crippen LogP contribution in [0.25, 0.3) is 0 Å². The zero-order valence-corrected chi connectivity index (χ0v) is 16.2. The van der Waals surface area contributed by atoms with Crippen LogP contribution in [0, 0.1) is 0 Å². The molecule has 2 amide bonds. The van der Waals surface area contributed by atoms with Crippen LogP contribution < -0.4 is 16.4 Å². The molecule has 0 fully saturated rings. The second-order valence-electron chi connectivity index (χ2n) is 6.90. The van der Waals surface area contributed by atoms with Gasteiger partial charge < -0.3 is 26.2 Å². The lowest BCUT2D eigenvalue weighted by Gasteiger charge is -2.35. The fraction of sp³-hybridized carbons (Fsp3) is 0.450. The van der Waals surface area contributed by atoms with E-state index >= 15 is 0 Å². The molecule has 1 aromatic carbocycles. The first-order chi connectivity index (χ1) is 13.2. The molecule has 1 aliphatic rings. The van der Waals surface area contributed by atoms with Crippen molar-refractivity contribution in [2.75, 3.05) is 0 Å². The minimum Gasteiger partial charge on any atom is -0.475 e. The van der Waals surface area contributed by atoms with Crippen LogP contribution in [0.15, 0.2) is 42.2 Å². The third-order valence-electron chi connectivity index (χ3n) is 4.87. The Morgan fingerprint density at radius 1 is 1.25 bits per heavy atom. The van der Waals surface area contributed by atoms with Crippen molar-refractivity contribution >= 4 is 17.8 Å². The number of hydrogen-bond acceptors (Lipinski definition) is 5. The van der Waals surface area contributed by atoms with Gasteiger partial charge in [-0.1, -0.05) is 44.2 Å². The highest BCUT2D eigenvalue weighted by atomic mass is 16.5. The predicted octanol–water partition coefficient (Wildman–Crippen LogP) is 0.884. The summed E-state index contributed by atoms with van der Waals surface area (Å²) in [6.07, 6.45) is 0.607. The molecule has 0 saturated heterocycles. The zero-order chi connectivity index (χ0) is 20.8. The van der Waals surface area contributed by atoms with Crippen molar-refractivity contribution in [1.29, 1.82) is 0 Å². The number of rotatable bonds is 7. The quantitative estimate of drug-likeness (QED) is 0.548. The summed E-state index contributed by atoms with van der Waals surface area (Å²) < 4.78 is 5.38. The largest absolute Gasteiger partial charge is 0.475 e. The van der Waals surface area contributed by atoms with E-state index in [1.165, 1.54) is 13.0 Å². The van der Waals surface area contributed by atoms with Crippen LogP contribution in [-0.4, -0.2) is 47.1 Å². The Balaban J connectivity index is 2.21. The summed E-state index contributed by atoms with van der Waals surface area (Å²) in [5.41, 5.74) is 7.05. The van der Waals surface area contributed by atoms with Gasteiger partial charge in [-0.05, 0) is 18.1 Å². The summed E-state index contributed by atoms with van der Waals surface area (Å²) in [7, 11) is 0. The van der Waals surface area contributed by atoms with Gasteiger partial charge in [0.15, 0.2) is 6.10 Å². The second-order valence-corrected chi connectivity index (χ2v) is 6.90. The molecule has 8 nitrogen and oxygen atoms in total. The maximum atomic E-state index is 12.9. The molecule has 28 heavy (non-hydrogen) atoms. The molecule has 3 unspecified atom stereocenters. The highest BCUT2D eigenvalue weighted by molar-refractivity contribution is 5.88. The summed E-state index contributed by atoms with van der Waals surface area (Å²) in [6, 6.07) is 7.81. The van der Waals surface area contributed by atoms with E-state index in [1.54, 1.807) is 0 Å². The molecule has 0 bridgehead atoms. The number of nitrogens with one attached hydrogen (secondary N) is 2. The fourth-order valence-corrected chi connectivity index (χ4v) is 3.31. The van der Waals surface area contributed by atoms with E-state index in [1.807, 2.05) is 44.2 Å². The maximum Gasteiger partial charge on any atom is 0.370 e. The number of carbonyl (C=O) groups is 3. The first kappa shape index (κ1) is 21.4. The molecule has 0 saturated carbocycles. The molecule has 0 aliphatic carbocycles. The third kappa shape index (κ3) is 5.10. The van der Waals surface area contributed by atoms with Crippen molar-refractivity contribution in [2.24, 2.45) is 5.73 Å². The lowest BCUT2D eigenvalue weighted by atomic mass is 9.91. The summed E-state index contributed by atoms with van der Waals surface area (Å²) in [6.45, 7) is 5.25. The van der Waals surface area contributed by atoms with Crippen molar-refractivity contribution < 1.29 is 24.2 Å². The number of carbonyl (C=O) groups excluding carboxylic acids is 2. The number of benzene rings is 1. The summed E-state index contributed by atoms with van der Waals surface area (Å²) >= 11 is 0. The smallest absolute Gasteiger partial charge is 0.370 e. The Morgan fingerprint density at radius 2 is 1.89 bits per heavy atom. The molecule has 152 valence electrons. The molecule has 1 aliphatic heterocycles. The Labute approximate surface area is 164 Å². The number of ether oxygens (including phenoxy) is 1. The molecule has 0 radical (unpaired) electrons. The molecule has 8 heteroatoms. The minimum atomic E-state index is -1.32. The van der Waals surface area contributed by atoms with Crippen LogP contribution in [0.1, 0.15) is 38.7 Å². The number of amides is 2. The fourth-order valence-electron chi connectivity index (χ4n) is 3.31. The van der Waals surface area contributed by atoms with Crippen LogP contribution in [0.3, 0.4) is 0 Å². The van der Waals surface area contributed by atoms with Crippen LogP contribution in [0.2, 0.25) is 0 Å². The van der Waals surface area contributed by atoms with E-state index in [0.29, 0.717) is 6.42 Å². The average molecular weight is 389 g/mol. The van der Waals surface area contributed by atoms with Crippen molar-refractivity contribution in [3.63, 3.8) is 0 Å². The van der Waals surface area contributed by atoms with Gasteiger partial charge in [0.1, 0.15) is 0 Å². The van der Waals surface area contributed by atoms with E-state index in [9.17, 15) is 19.5 Å². The van der Waals surface area contributed by atoms with Crippen LogP contribution in [0.4, 0.5) is 0 Å². The van der Waals surface area contributed by atoms with Crippen molar-refractivity contribution in [1.82, 2.24) is 10.6 Å². The predicted molar refractivity (Wildman–Crippen MR) is 103 cm³/mol. The van der Waals surface area contributed by atoms with E-state index in [4.69, 9.17) is 10.5 Å². The number of carboxylic acids is 1. The molecule has 0 spiro atoms. The molecule has 0 aromatic heterocycles. The zero-order valence-electron chi connectivity index (χ0n) is 16.2. The van der Waals surface area contributed by atoms with Crippen molar-refractivity contribution in [2.45, 2.75) is 57.3 Å².